The van der Waals surface area contributed by atoms with Crippen molar-refractivity contribution in [3.63, 3.8) is 0 Å². The Hall–Kier alpha value is -3.34. The number of benzene rings is 2. The number of amides is 1. The second-order valence-electron chi connectivity index (χ2n) is 9.58. The van der Waals surface area contributed by atoms with Crippen molar-refractivity contribution in [2.24, 2.45) is 0 Å². The molecule has 39 heavy (non-hydrogen) atoms. The number of pyridine rings is 1. The van der Waals surface area contributed by atoms with Crippen LogP contribution in [0.25, 0.3) is 10.2 Å². The summed E-state index contributed by atoms with van der Waals surface area (Å²) in [5.74, 6) is 0.377. The second-order valence-corrected chi connectivity index (χ2v) is 12.6. The molecule has 4 aromatic rings. The van der Waals surface area contributed by atoms with Gasteiger partial charge in [-0.1, -0.05) is 42.7 Å². The number of rotatable bonds is 9. The van der Waals surface area contributed by atoms with E-state index in [1.807, 2.05) is 43.3 Å². The maximum atomic E-state index is 13.9. The van der Waals surface area contributed by atoms with E-state index in [1.165, 1.54) is 27.8 Å². The number of hydrogen-bond donors (Lipinski definition) is 0. The molecule has 0 radical (unpaired) electrons. The maximum Gasteiger partial charge on any atom is 0.260 e. The average Bonchev–Trinajstić information content (AvgIpc) is 3.41. The first-order valence-electron chi connectivity index (χ1n) is 13.2. The van der Waals surface area contributed by atoms with E-state index in [9.17, 15) is 13.2 Å². The van der Waals surface area contributed by atoms with Crippen LogP contribution in [0, 0.1) is 0 Å². The molecule has 2 aromatic heterocycles. The van der Waals surface area contributed by atoms with Gasteiger partial charge in [0.25, 0.3) is 5.91 Å². The molecule has 0 unspecified atom stereocenters. The van der Waals surface area contributed by atoms with Crippen molar-refractivity contribution in [2.75, 3.05) is 18.6 Å². The highest BCUT2D eigenvalue weighted by molar-refractivity contribution is 7.89. The first kappa shape index (κ1) is 27.2. The summed E-state index contributed by atoms with van der Waals surface area (Å²) in [6, 6.07) is 17.5. The summed E-state index contributed by atoms with van der Waals surface area (Å²) >= 11 is 1.40. The Balaban J connectivity index is 1.46. The lowest BCUT2D eigenvalue weighted by molar-refractivity contribution is 0.0984. The Kier molecular flexibility index (Phi) is 8.25. The summed E-state index contributed by atoms with van der Waals surface area (Å²) < 4.78 is 34.7. The molecule has 1 saturated carbocycles. The molecule has 1 aliphatic rings. The van der Waals surface area contributed by atoms with Crippen LogP contribution < -0.4 is 9.64 Å². The molecular weight excluding hydrogens is 532 g/mol. The summed E-state index contributed by atoms with van der Waals surface area (Å²) in [5, 5.41) is 0.515. The number of ether oxygens (including phenoxy) is 1. The van der Waals surface area contributed by atoms with Gasteiger partial charge in [0, 0.05) is 24.8 Å². The van der Waals surface area contributed by atoms with E-state index >= 15 is 0 Å². The van der Waals surface area contributed by atoms with Crippen LogP contribution in [0.5, 0.6) is 5.75 Å². The lowest BCUT2D eigenvalue weighted by Crippen LogP contribution is -2.38. The fraction of sp³-hybridized carbons (Fsp3) is 0.345. The Morgan fingerprint density at radius 3 is 2.49 bits per heavy atom. The Bertz CT molecular complexity index is 1530. The molecule has 1 amide bonds. The maximum absolute atomic E-state index is 13.9. The van der Waals surface area contributed by atoms with Gasteiger partial charge < -0.3 is 4.74 Å². The number of aromatic nitrogens is 2. The monoisotopic (exact) mass is 564 g/mol. The first-order valence-corrected chi connectivity index (χ1v) is 15.5. The highest BCUT2D eigenvalue weighted by Gasteiger charge is 2.30. The van der Waals surface area contributed by atoms with Crippen molar-refractivity contribution in [3.05, 3.63) is 78.1 Å². The number of thiazole rings is 1. The smallest absolute Gasteiger partial charge is 0.260 e. The van der Waals surface area contributed by atoms with Gasteiger partial charge in [0.15, 0.2) is 5.13 Å². The minimum absolute atomic E-state index is 0.0135. The van der Waals surface area contributed by atoms with Crippen molar-refractivity contribution in [1.29, 1.82) is 0 Å². The van der Waals surface area contributed by atoms with Gasteiger partial charge in [0.2, 0.25) is 10.0 Å². The van der Waals surface area contributed by atoms with E-state index < -0.39 is 10.0 Å². The normalized spacial score (nSPS) is 14.5. The van der Waals surface area contributed by atoms with E-state index in [2.05, 4.69) is 4.98 Å². The third-order valence-corrected chi connectivity index (χ3v) is 10.0. The van der Waals surface area contributed by atoms with Gasteiger partial charge in [-0.15, -0.1) is 0 Å². The van der Waals surface area contributed by atoms with Gasteiger partial charge in [-0.3, -0.25) is 14.7 Å². The predicted octanol–water partition coefficient (Wildman–Crippen LogP) is 5.89. The average molecular weight is 565 g/mol. The molecule has 204 valence electrons. The molecule has 0 aliphatic heterocycles. The first-order chi connectivity index (χ1) is 18.9. The van der Waals surface area contributed by atoms with Crippen molar-refractivity contribution >= 4 is 42.6 Å². The molecule has 1 aliphatic carbocycles. The van der Waals surface area contributed by atoms with E-state index in [0.29, 0.717) is 34.3 Å². The third kappa shape index (κ3) is 5.83. The Morgan fingerprint density at radius 2 is 1.79 bits per heavy atom. The summed E-state index contributed by atoms with van der Waals surface area (Å²) in [5.41, 5.74) is 1.78. The van der Waals surface area contributed by atoms with Crippen LogP contribution in [0.4, 0.5) is 5.13 Å². The molecule has 2 heterocycles. The summed E-state index contributed by atoms with van der Waals surface area (Å²) in [6.45, 7) is 2.64. The van der Waals surface area contributed by atoms with Crippen molar-refractivity contribution < 1.29 is 17.9 Å². The van der Waals surface area contributed by atoms with Crippen LogP contribution in [0.15, 0.2) is 71.8 Å². The minimum atomic E-state index is -3.66. The number of anilines is 1. The number of carbonyl (C=O) groups excluding carboxylic acids is 1. The fourth-order valence-electron chi connectivity index (χ4n) is 4.91. The molecule has 2 aromatic carbocycles. The second kappa shape index (κ2) is 11.8. The summed E-state index contributed by atoms with van der Waals surface area (Å²) in [7, 11) is -2.00. The van der Waals surface area contributed by atoms with Crippen molar-refractivity contribution in [3.8, 4) is 5.75 Å². The van der Waals surface area contributed by atoms with Gasteiger partial charge in [-0.25, -0.2) is 13.4 Å². The lowest BCUT2D eigenvalue weighted by atomic mass is 9.96. The topological polar surface area (TPSA) is 92.7 Å². The number of sulfonamides is 1. The van der Waals surface area contributed by atoms with Crippen LogP contribution in [0.2, 0.25) is 0 Å². The molecule has 0 bridgehead atoms. The zero-order chi connectivity index (χ0) is 27.4. The standard InChI is InChI=1S/C29H32N4O4S2/c1-3-37-25-13-9-14-26-27(25)31-29(38-26)33(20-22-10-7-8-19-30-22)28(34)21-15-17-24(18-16-21)39(35,36)32(2)23-11-5-4-6-12-23/h7-10,13-19,23H,3-6,11-12,20H2,1-2H3. The lowest BCUT2D eigenvalue weighted by Gasteiger charge is -2.30. The number of fused-ring (bicyclic) bond motifs is 1. The van der Waals surface area contributed by atoms with Gasteiger partial charge in [-0.2, -0.15) is 4.31 Å². The number of hydrogen-bond acceptors (Lipinski definition) is 7. The van der Waals surface area contributed by atoms with Gasteiger partial charge in [0.1, 0.15) is 11.3 Å². The number of nitrogens with zero attached hydrogens (tertiary/aromatic N) is 4. The summed E-state index contributed by atoms with van der Waals surface area (Å²) in [4.78, 5) is 24.8. The molecular formula is C29H32N4O4S2. The van der Waals surface area contributed by atoms with Crippen LogP contribution >= 0.6 is 11.3 Å². The predicted molar refractivity (Wildman–Crippen MR) is 154 cm³/mol. The Morgan fingerprint density at radius 1 is 1.03 bits per heavy atom. The van der Waals surface area contributed by atoms with Crippen LogP contribution in [-0.4, -0.2) is 48.3 Å². The van der Waals surface area contributed by atoms with E-state index in [1.54, 1.807) is 30.3 Å². The molecule has 0 N–H and O–H groups in total. The minimum Gasteiger partial charge on any atom is -0.492 e. The SMILES string of the molecule is CCOc1cccc2sc(N(Cc3ccccn3)C(=O)c3ccc(S(=O)(=O)N(C)C4CCCCC4)cc3)nc12. The third-order valence-electron chi connectivity index (χ3n) is 7.06. The van der Waals surface area contributed by atoms with Crippen LogP contribution in [0.1, 0.15) is 55.1 Å². The molecule has 0 atom stereocenters. The number of para-hydroxylation sites is 1. The molecule has 5 rings (SSSR count). The summed E-state index contributed by atoms with van der Waals surface area (Å²) in [6.07, 6.45) is 6.68. The molecule has 8 nitrogen and oxygen atoms in total. The highest BCUT2D eigenvalue weighted by Crippen LogP contribution is 2.35. The number of carbonyl (C=O) groups is 1. The Labute approximate surface area is 233 Å². The quantitative estimate of drug-likeness (QED) is 0.252. The fourth-order valence-corrected chi connectivity index (χ4v) is 7.31. The van der Waals surface area contributed by atoms with Crippen LogP contribution in [-0.2, 0) is 16.6 Å². The van der Waals surface area contributed by atoms with Crippen molar-refractivity contribution in [1.82, 2.24) is 14.3 Å². The van der Waals surface area contributed by atoms with Gasteiger partial charge >= 0.3 is 0 Å². The van der Waals surface area contributed by atoms with E-state index in [-0.39, 0.29) is 23.4 Å². The van der Waals surface area contributed by atoms with E-state index in [4.69, 9.17) is 9.72 Å². The zero-order valence-electron chi connectivity index (χ0n) is 22.1. The largest absolute Gasteiger partial charge is 0.492 e. The zero-order valence-corrected chi connectivity index (χ0v) is 23.7. The van der Waals surface area contributed by atoms with Crippen molar-refractivity contribution in [2.45, 2.75) is 56.5 Å². The molecule has 0 spiro atoms. The van der Waals surface area contributed by atoms with E-state index in [0.717, 1.165) is 36.8 Å². The molecule has 10 heteroatoms. The molecule has 1 fully saturated rings. The van der Waals surface area contributed by atoms with Gasteiger partial charge in [0.05, 0.1) is 28.4 Å². The van der Waals surface area contributed by atoms with Crippen LogP contribution in [0.3, 0.4) is 0 Å². The highest BCUT2D eigenvalue weighted by atomic mass is 32.2. The molecule has 0 saturated heterocycles. The van der Waals surface area contributed by atoms with Gasteiger partial charge in [-0.05, 0) is 68.3 Å².